The van der Waals surface area contributed by atoms with E-state index in [1.54, 1.807) is 12.0 Å². The summed E-state index contributed by atoms with van der Waals surface area (Å²) in [6.45, 7) is 1.59. The predicted octanol–water partition coefficient (Wildman–Crippen LogP) is 1.53. The van der Waals surface area contributed by atoms with Crippen molar-refractivity contribution in [1.29, 1.82) is 0 Å². The molecule has 1 saturated heterocycles. The average molecular weight is 331 g/mol. The number of amides is 1. The van der Waals surface area contributed by atoms with Crippen molar-refractivity contribution in [1.82, 2.24) is 14.9 Å². The second-order valence-corrected chi connectivity index (χ2v) is 5.79. The van der Waals surface area contributed by atoms with Crippen LogP contribution in [-0.2, 0) is 11.3 Å². The van der Waals surface area contributed by atoms with Gasteiger partial charge in [-0.25, -0.2) is 4.79 Å². The Bertz CT molecular complexity index is 746. The molecule has 1 amide bonds. The van der Waals surface area contributed by atoms with E-state index < -0.39 is 5.69 Å². The fraction of sp³-hybridized carbons (Fsp3) is 0.412. The van der Waals surface area contributed by atoms with Crippen LogP contribution < -0.4 is 10.4 Å². The number of aromatic nitrogens is 2. The Labute approximate surface area is 139 Å². The van der Waals surface area contributed by atoms with E-state index in [2.05, 4.69) is 9.97 Å². The standard InChI is InChI=1S/C17H21N3O4/c1-23-15-7-3-2-5-12(15)10-20(11-13-6-4-8-24-13)16(21)14-9-18-17(22)19-14/h2-3,5,7,9,13H,4,6,8,10-11H2,1H3,(H2,18,19,22). The van der Waals surface area contributed by atoms with Gasteiger partial charge in [0.15, 0.2) is 0 Å². The quantitative estimate of drug-likeness (QED) is 0.840. The van der Waals surface area contributed by atoms with E-state index >= 15 is 0 Å². The molecule has 1 aliphatic heterocycles. The third kappa shape index (κ3) is 3.68. The molecule has 1 aliphatic rings. The number of nitrogens with one attached hydrogen (secondary N) is 2. The highest BCUT2D eigenvalue weighted by atomic mass is 16.5. The number of nitrogens with zero attached hydrogens (tertiary/aromatic N) is 1. The predicted molar refractivity (Wildman–Crippen MR) is 88.1 cm³/mol. The molecule has 1 fully saturated rings. The zero-order valence-corrected chi connectivity index (χ0v) is 13.6. The lowest BCUT2D eigenvalue weighted by Gasteiger charge is -2.25. The van der Waals surface area contributed by atoms with Crippen molar-refractivity contribution in [2.75, 3.05) is 20.3 Å². The highest BCUT2D eigenvalue weighted by Gasteiger charge is 2.25. The van der Waals surface area contributed by atoms with E-state index in [0.717, 1.165) is 30.8 Å². The summed E-state index contributed by atoms with van der Waals surface area (Å²) >= 11 is 0. The molecule has 1 aromatic heterocycles. The highest BCUT2D eigenvalue weighted by Crippen LogP contribution is 2.22. The van der Waals surface area contributed by atoms with Crippen molar-refractivity contribution in [3.05, 3.63) is 52.2 Å². The minimum Gasteiger partial charge on any atom is -0.496 e. The number of ether oxygens (including phenoxy) is 2. The van der Waals surface area contributed by atoms with Crippen molar-refractivity contribution in [3.8, 4) is 5.75 Å². The maximum atomic E-state index is 12.8. The number of imidazole rings is 1. The van der Waals surface area contributed by atoms with E-state index in [1.807, 2.05) is 24.3 Å². The first-order chi connectivity index (χ1) is 11.7. The molecule has 2 heterocycles. The monoisotopic (exact) mass is 331 g/mol. The SMILES string of the molecule is COc1ccccc1CN(CC1CCCO1)C(=O)c1c[nH]c(=O)[nH]1. The van der Waals surface area contributed by atoms with Gasteiger partial charge in [-0.15, -0.1) is 0 Å². The first-order valence-electron chi connectivity index (χ1n) is 7.98. The molecule has 0 bridgehead atoms. The fourth-order valence-corrected chi connectivity index (χ4v) is 2.91. The number of hydrogen-bond acceptors (Lipinski definition) is 4. The molecule has 7 heteroatoms. The lowest BCUT2D eigenvalue weighted by Crippen LogP contribution is -2.37. The molecule has 0 aliphatic carbocycles. The number of para-hydroxylation sites is 1. The minimum absolute atomic E-state index is 0.0225. The molecule has 1 aromatic carbocycles. The first kappa shape index (κ1) is 16.3. The van der Waals surface area contributed by atoms with Gasteiger partial charge in [-0.3, -0.25) is 4.79 Å². The van der Waals surface area contributed by atoms with Crippen LogP contribution in [0.15, 0.2) is 35.3 Å². The lowest BCUT2D eigenvalue weighted by molar-refractivity contribution is 0.0501. The lowest BCUT2D eigenvalue weighted by atomic mass is 10.1. The summed E-state index contributed by atoms with van der Waals surface area (Å²) in [7, 11) is 1.61. The summed E-state index contributed by atoms with van der Waals surface area (Å²) in [4.78, 5) is 30.8. The number of methoxy groups -OCH3 is 1. The van der Waals surface area contributed by atoms with Gasteiger partial charge in [0.25, 0.3) is 5.91 Å². The molecule has 0 spiro atoms. The first-order valence-corrected chi connectivity index (χ1v) is 7.98. The summed E-state index contributed by atoms with van der Waals surface area (Å²) in [5, 5.41) is 0. The maximum Gasteiger partial charge on any atom is 0.323 e. The van der Waals surface area contributed by atoms with Crippen LogP contribution in [0.4, 0.5) is 0 Å². The third-order valence-corrected chi connectivity index (χ3v) is 4.12. The fourth-order valence-electron chi connectivity index (χ4n) is 2.91. The van der Waals surface area contributed by atoms with Crippen molar-refractivity contribution in [3.63, 3.8) is 0 Å². The molecular weight excluding hydrogens is 310 g/mol. The van der Waals surface area contributed by atoms with Crippen LogP contribution in [0.1, 0.15) is 28.9 Å². The Kier molecular flexibility index (Phi) is 5.00. The number of carbonyl (C=O) groups excluding carboxylic acids is 1. The molecule has 2 N–H and O–H groups in total. The van der Waals surface area contributed by atoms with Crippen molar-refractivity contribution < 1.29 is 14.3 Å². The molecule has 2 aromatic rings. The van der Waals surface area contributed by atoms with Gasteiger partial charge in [0, 0.05) is 31.5 Å². The molecule has 1 atom stereocenters. The van der Waals surface area contributed by atoms with E-state index in [1.165, 1.54) is 6.20 Å². The van der Waals surface area contributed by atoms with Gasteiger partial charge < -0.3 is 24.3 Å². The third-order valence-electron chi connectivity index (χ3n) is 4.12. The van der Waals surface area contributed by atoms with Crippen LogP contribution in [0.5, 0.6) is 5.75 Å². The van der Waals surface area contributed by atoms with Gasteiger partial charge in [0.1, 0.15) is 11.4 Å². The Morgan fingerprint density at radius 2 is 2.25 bits per heavy atom. The molecule has 7 nitrogen and oxygen atoms in total. The number of hydrogen-bond donors (Lipinski definition) is 2. The summed E-state index contributed by atoms with van der Waals surface area (Å²) in [6.07, 6.45) is 3.35. The highest BCUT2D eigenvalue weighted by molar-refractivity contribution is 5.92. The van der Waals surface area contributed by atoms with Gasteiger partial charge in [0.2, 0.25) is 0 Å². The molecule has 1 unspecified atom stereocenters. The number of benzene rings is 1. The summed E-state index contributed by atoms with van der Waals surface area (Å²) in [5.74, 6) is 0.486. The molecule has 128 valence electrons. The number of aromatic amines is 2. The largest absolute Gasteiger partial charge is 0.496 e. The van der Waals surface area contributed by atoms with Gasteiger partial charge in [0.05, 0.1) is 13.2 Å². The van der Waals surface area contributed by atoms with Crippen LogP contribution in [0.25, 0.3) is 0 Å². The smallest absolute Gasteiger partial charge is 0.323 e. The summed E-state index contributed by atoms with van der Waals surface area (Å²) in [5.41, 5.74) is 0.754. The molecule has 0 saturated carbocycles. The van der Waals surface area contributed by atoms with E-state index in [9.17, 15) is 9.59 Å². The van der Waals surface area contributed by atoms with E-state index in [-0.39, 0.29) is 17.7 Å². The number of carbonyl (C=O) groups is 1. The topological polar surface area (TPSA) is 87.4 Å². The Hall–Kier alpha value is -2.54. The summed E-state index contributed by atoms with van der Waals surface area (Å²) in [6, 6.07) is 7.58. The molecule has 24 heavy (non-hydrogen) atoms. The van der Waals surface area contributed by atoms with Crippen LogP contribution in [0, 0.1) is 0 Å². The molecule has 3 rings (SSSR count). The van der Waals surface area contributed by atoms with E-state index in [4.69, 9.17) is 9.47 Å². The van der Waals surface area contributed by atoms with E-state index in [0.29, 0.717) is 13.1 Å². The van der Waals surface area contributed by atoms with Crippen LogP contribution in [0.2, 0.25) is 0 Å². The van der Waals surface area contributed by atoms with Crippen LogP contribution in [-0.4, -0.2) is 47.1 Å². The van der Waals surface area contributed by atoms with Crippen LogP contribution in [0.3, 0.4) is 0 Å². The molecular formula is C17H21N3O4. The Morgan fingerprint density at radius 1 is 1.42 bits per heavy atom. The minimum atomic E-state index is -0.396. The van der Waals surface area contributed by atoms with Crippen molar-refractivity contribution in [2.24, 2.45) is 0 Å². The van der Waals surface area contributed by atoms with Gasteiger partial charge in [-0.2, -0.15) is 0 Å². The normalized spacial score (nSPS) is 17.0. The number of H-pyrrole nitrogens is 2. The van der Waals surface area contributed by atoms with Crippen molar-refractivity contribution in [2.45, 2.75) is 25.5 Å². The number of rotatable bonds is 6. The Balaban J connectivity index is 1.83. The summed E-state index contributed by atoms with van der Waals surface area (Å²) < 4.78 is 11.0. The zero-order chi connectivity index (χ0) is 16.9. The van der Waals surface area contributed by atoms with Crippen LogP contribution >= 0.6 is 0 Å². The second kappa shape index (κ2) is 7.35. The maximum absolute atomic E-state index is 12.8. The van der Waals surface area contributed by atoms with Gasteiger partial charge in [-0.05, 0) is 18.9 Å². The zero-order valence-electron chi connectivity index (χ0n) is 13.6. The average Bonchev–Trinajstić information content (AvgIpc) is 3.25. The van der Waals surface area contributed by atoms with Gasteiger partial charge in [-0.1, -0.05) is 18.2 Å². The van der Waals surface area contributed by atoms with Crippen molar-refractivity contribution >= 4 is 5.91 Å². The Morgan fingerprint density at radius 3 is 2.92 bits per heavy atom. The second-order valence-electron chi connectivity index (χ2n) is 5.79. The van der Waals surface area contributed by atoms with Gasteiger partial charge >= 0.3 is 5.69 Å². The molecule has 0 radical (unpaired) electrons.